The van der Waals surface area contributed by atoms with Crippen molar-refractivity contribution in [2.45, 2.75) is 38.5 Å². The molecule has 0 radical (unpaired) electrons. The quantitative estimate of drug-likeness (QED) is 0.692. The number of nitrogens with zero attached hydrogens (tertiary/aromatic N) is 1. The minimum Gasteiger partial charge on any atom is -0.365 e. The minimum atomic E-state index is -3.81. The van der Waals surface area contributed by atoms with E-state index in [0.29, 0.717) is 11.7 Å². The highest BCUT2D eigenvalue weighted by molar-refractivity contribution is 7.86. The van der Waals surface area contributed by atoms with Gasteiger partial charge in [-0.2, -0.15) is 8.42 Å². The van der Waals surface area contributed by atoms with Crippen molar-refractivity contribution in [2.75, 3.05) is 0 Å². The van der Waals surface area contributed by atoms with Crippen LogP contribution in [0.3, 0.4) is 0 Å². The normalized spacial score (nSPS) is 32.0. The second-order valence-electron chi connectivity index (χ2n) is 6.40. The highest BCUT2D eigenvalue weighted by Gasteiger charge is 2.46. The number of allylic oxidation sites excluding steroid dienone is 1. The lowest BCUT2D eigenvalue weighted by Gasteiger charge is -2.39. The van der Waals surface area contributed by atoms with E-state index in [-0.39, 0.29) is 5.41 Å². The van der Waals surface area contributed by atoms with E-state index in [4.69, 9.17) is 4.18 Å². The number of hydrogen-bond acceptors (Lipinski definition) is 3. The van der Waals surface area contributed by atoms with Crippen molar-refractivity contribution in [3.8, 4) is 5.75 Å². The van der Waals surface area contributed by atoms with Crippen molar-refractivity contribution in [3.63, 3.8) is 0 Å². The maximum absolute atomic E-state index is 11.4. The van der Waals surface area contributed by atoms with E-state index in [1.165, 1.54) is 22.9 Å². The van der Waals surface area contributed by atoms with Crippen molar-refractivity contribution in [1.29, 1.82) is 0 Å². The molecule has 0 N–H and O–H groups in total. The van der Waals surface area contributed by atoms with Gasteiger partial charge in [0.05, 0.1) is 6.21 Å². The molecule has 2 atom stereocenters. The molecular weight excluding hydrogens is 286 g/mol. The van der Waals surface area contributed by atoms with Gasteiger partial charge in [-0.1, -0.05) is 25.1 Å². The summed E-state index contributed by atoms with van der Waals surface area (Å²) in [4.78, 5) is 0. The van der Waals surface area contributed by atoms with Crippen LogP contribution in [0.2, 0.25) is 0 Å². The molecule has 21 heavy (non-hydrogen) atoms. The first-order chi connectivity index (χ1) is 9.91. The molecule has 2 aliphatic carbocycles. The predicted molar refractivity (Wildman–Crippen MR) is 81.1 cm³/mol. The summed E-state index contributed by atoms with van der Waals surface area (Å²) in [6, 6.07) is 3.80. The lowest BCUT2D eigenvalue weighted by Crippen LogP contribution is -2.29. The van der Waals surface area contributed by atoms with Gasteiger partial charge in [0.2, 0.25) is 0 Å². The zero-order chi connectivity index (χ0) is 14.8. The van der Waals surface area contributed by atoms with Crippen LogP contribution in [0.25, 0.3) is 0 Å². The Bertz CT molecular complexity index is 794. The van der Waals surface area contributed by atoms with Crippen LogP contribution in [0.1, 0.15) is 48.8 Å². The summed E-state index contributed by atoms with van der Waals surface area (Å²) in [6.45, 7) is 6.57. The Morgan fingerprint density at radius 1 is 1.38 bits per heavy atom. The fraction of sp³-hybridized carbons (Fsp3) is 0.438. The Labute approximate surface area is 124 Å². The smallest absolute Gasteiger partial charge is 0.365 e. The first kappa shape index (κ1) is 13.1. The standard InChI is InChI=1S/C16H17NO3S/c1-10-3-5-14-12-4-6-15-13(9-17-21(18,19)20-15)11(12)7-8-16(10,14)2/h4,6,9,14H,1,3,5,7-8H2,2H3/t14-,16+/m0/s1. The molecule has 0 bridgehead atoms. The minimum absolute atomic E-state index is 0.181. The van der Waals surface area contributed by atoms with Gasteiger partial charge in [0.15, 0.2) is 5.75 Å². The topological polar surface area (TPSA) is 55.7 Å². The highest BCUT2D eigenvalue weighted by Crippen LogP contribution is 2.58. The van der Waals surface area contributed by atoms with Crippen molar-refractivity contribution in [2.24, 2.45) is 9.81 Å². The third-order valence-electron chi connectivity index (χ3n) is 5.44. The molecule has 1 aliphatic heterocycles. The number of benzene rings is 1. The van der Waals surface area contributed by atoms with E-state index in [1.54, 1.807) is 6.07 Å². The van der Waals surface area contributed by atoms with Gasteiger partial charge in [0.25, 0.3) is 0 Å². The molecule has 0 spiro atoms. The van der Waals surface area contributed by atoms with Crippen LogP contribution in [-0.2, 0) is 16.7 Å². The lowest BCUT2D eigenvalue weighted by atomic mass is 9.65. The Hall–Kier alpha value is -1.62. The van der Waals surface area contributed by atoms with E-state index in [9.17, 15) is 8.42 Å². The van der Waals surface area contributed by atoms with Gasteiger partial charge < -0.3 is 4.18 Å². The molecule has 1 saturated carbocycles. The Morgan fingerprint density at radius 3 is 3.00 bits per heavy atom. The van der Waals surface area contributed by atoms with Crippen LogP contribution < -0.4 is 4.18 Å². The molecule has 1 fully saturated rings. The average Bonchev–Trinajstić information content (AvgIpc) is 2.73. The molecule has 4 nitrogen and oxygen atoms in total. The molecule has 0 amide bonds. The van der Waals surface area contributed by atoms with Crippen LogP contribution in [-0.4, -0.2) is 14.6 Å². The summed E-state index contributed by atoms with van der Waals surface area (Å²) in [5, 5.41) is 0. The van der Waals surface area contributed by atoms with Gasteiger partial charge in [-0.25, -0.2) is 0 Å². The van der Waals surface area contributed by atoms with E-state index in [0.717, 1.165) is 31.2 Å². The molecule has 1 heterocycles. The molecule has 0 saturated heterocycles. The second kappa shape index (κ2) is 3.97. The predicted octanol–water partition coefficient (Wildman–Crippen LogP) is 3.13. The van der Waals surface area contributed by atoms with Crippen molar-refractivity contribution < 1.29 is 12.6 Å². The monoisotopic (exact) mass is 303 g/mol. The van der Waals surface area contributed by atoms with Gasteiger partial charge in [0, 0.05) is 5.56 Å². The molecule has 0 unspecified atom stereocenters. The number of fused-ring (bicyclic) bond motifs is 5. The van der Waals surface area contributed by atoms with Crippen LogP contribution in [0.15, 0.2) is 28.7 Å². The summed E-state index contributed by atoms with van der Waals surface area (Å²) < 4.78 is 31.4. The summed E-state index contributed by atoms with van der Waals surface area (Å²) in [6.07, 6.45) is 5.62. The fourth-order valence-electron chi connectivity index (χ4n) is 4.14. The first-order valence-corrected chi connectivity index (χ1v) is 8.61. The SMILES string of the molecule is C=C1CC[C@H]2c3ccc4c(c3CC[C@]12C)C=NS(=O)(=O)O4. The third-order valence-corrected chi connectivity index (χ3v) is 6.19. The maximum Gasteiger partial charge on any atom is 0.428 e. The van der Waals surface area contributed by atoms with E-state index in [2.05, 4.69) is 17.9 Å². The van der Waals surface area contributed by atoms with Crippen LogP contribution in [0.5, 0.6) is 5.75 Å². The van der Waals surface area contributed by atoms with Gasteiger partial charge in [-0.05, 0) is 54.2 Å². The van der Waals surface area contributed by atoms with Crippen LogP contribution >= 0.6 is 0 Å². The summed E-state index contributed by atoms with van der Waals surface area (Å²) >= 11 is 0. The number of hydrogen-bond donors (Lipinski definition) is 0. The van der Waals surface area contributed by atoms with E-state index in [1.807, 2.05) is 6.07 Å². The summed E-state index contributed by atoms with van der Waals surface area (Å²) in [5.74, 6) is 0.884. The fourth-order valence-corrected chi connectivity index (χ4v) is 4.79. The summed E-state index contributed by atoms with van der Waals surface area (Å²) in [5.41, 5.74) is 4.88. The largest absolute Gasteiger partial charge is 0.428 e. The number of rotatable bonds is 0. The molecule has 0 aromatic heterocycles. The second-order valence-corrected chi connectivity index (χ2v) is 7.64. The average molecular weight is 303 g/mol. The molecule has 110 valence electrons. The van der Waals surface area contributed by atoms with Gasteiger partial charge in [-0.15, -0.1) is 4.40 Å². The van der Waals surface area contributed by atoms with Gasteiger partial charge in [-0.3, -0.25) is 0 Å². The Balaban J connectivity index is 1.88. The molecule has 1 aromatic rings. The molecule has 3 aliphatic rings. The molecule has 1 aromatic carbocycles. The van der Waals surface area contributed by atoms with Crippen molar-refractivity contribution in [1.82, 2.24) is 0 Å². The zero-order valence-corrected chi connectivity index (χ0v) is 12.7. The Kier molecular flexibility index (Phi) is 2.47. The Morgan fingerprint density at radius 2 is 2.19 bits per heavy atom. The highest BCUT2D eigenvalue weighted by atomic mass is 32.2. The van der Waals surface area contributed by atoms with Crippen LogP contribution in [0, 0.1) is 5.41 Å². The lowest BCUT2D eigenvalue weighted by molar-refractivity contribution is 0.306. The van der Waals surface area contributed by atoms with E-state index < -0.39 is 10.3 Å². The van der Waals surface area contributed by atoms with E-state index >= 15 is 0 Å². The molecular formula is C16H17NO3S. The first-order valence-electron chi connectivity index (χ1n) is 7.24. The molecule has 5 heteroatoms. The van der Waals surface area contributed by atoms with Crippen LogP contribution in [0.4, 0.5) is 0 Å². The summed E-state index contributed by atoms with van der Waals surface area (Å²) in [7, 11) is -3.81. The maximum atomic E-state index is 11.4. The van der Waals surface area contributed by atoms with Gasteiger partial charge >= 0.3 is 10.3 Å². The third kappa shape index (κ3) is 1.73. The zero-order valence-electron chi connectivity index (χ0n) is 11.9. The van der Waals surface area contributed by atoms with Crippen molar-refractivity contribution >= 4 is 16.5 Å². The van der Waals surface area contributed by atoms with Crippen molar-refractivity contribution in [3.05, 3.63) is 41.0 Å². The van der Waals surface area contributed by atoms with Gasteiger partial charge in [0.1, 0.15) is 0 Å². The molecule has 4 rings (SSSR count).